The molecule has 3 aromatic heterocycles. The number of para-hydroxylation sites is 2. The number of nitrogens with one attached hydrogen (secondary N) is 3. The van der Waals surface area contributed by atoms with Crippen molar-refractivity contribution in [1.29, 1.82) is 0 Å². The van der Waals surface area contributed by atoms with Crippen molar-refractivity contribution in [2.24, 2.45) is 0 Å². The Morgan fingerprint density at radius 1 is 0.483 bits per heavy atom. The van der Waals surface area contributed by atoms with Gasteiger partial charge in [0.15, 0.2) is 0 Å². The third-order valence-electron chi connectivity index (χ3n) is 6.09. The summed E-state index contributed by atoms with van der Waals surface area (Å²) in [5, 5.41) is 7.24. The molecule has 0 aliphatic rings. The third kappa shape index (κ3) is 1.85. The molecule has 0 spiro atoms. The van der Waals surface area contributed by atoms with Crippen LogP contribution in [0.1, 0.15) is 0 Å². The largest absolute Gasteiger partial charge is 0.354 e. The Kier molecular flexibility index (Phi) is 2.60. The first-order chi connectivity index (χ1) is 14.3. The molecule has 0 radical (unpaired) electrons. The molecule has 136 valence electrons. The van der Waals surface area contributed by atoms with Gasteiger partial charge in [-0.25, -0.2) is 0 Å². The zero-order chi connectivity index (χ0) is 19.1. The van der Waals surface area contributed by atoms with Crippen LogP contribution < -0.4 is 5.56 Å². The van der Waals surface area contributed by atoms with Gasteiger partial charge in [0.1, 0.15) is 0 Å². The lowest BCUT2D eigenvalue weighted by Crippen LogP contribution is -2.06. The molecular formula is C25H15N3O. The van der Waals surface area contributed by atoms with E-state index < -0.39 is 0 Å². The van der Waals surface area contributed by atoms with E-state index in [0.717, 1.165) is 54.5 Å². The Bertz CT molecular complexity index is 1830. The van der Waals surface area contributed by atoms with Gasteiger partial charge in [-0.3, -0.25) is 4.79 Å². The Labute approximate surface area is 163 Å². The van der Waals surface area contributed by atoms with Gasteiger partial charge in [-0.1, -0.05) is 42.5 Å². The number of hydrogen-bond donors (Lipinski definition) is 3. The lowest BCUT2D eigenvalue weighted by Gasteiger charge is -2.06. The summed E-state index contributed by atoms with van der Waals surface area (Å²) in [7, 11) is 0. The molecule has 0 bridgehead atoms. The molecule has 3 heterocycles. The van der Waals surface area contributed by atoms with Gasteiger partial charge in [-0.2, -0.15) is 0 Å². The van der Waals surface area contributed by atoms with E-state index in [2.05, 4.69) is 57.4 Å². The van der Waals surface area contributed by atoms with Crippen LogP contribution >= 0.6 is 0 Å². The first kappa shape index (κ1) is 14.9. The average Bonchev–Trinajstić information content (AvgIpc) is 3.30. The van der Waals surface area contributed by atoms with Crippen molar-refractivity contribution in [3.05, 3.63) is 83.2 Å². The summed E-state index contributed by atoms with van der Waals surface area (Å²) in [6, 6.07) is 24.8. The third-order valence-corrected chi connectivity index (χ3v) is 6.09. The molecule has 0 aliphatic heterocycles. The van der Waals surface area contributed by atoms with Crippen LogP contribution in [0.5, 0.6) is 0 Å². The molecule has 7 rings (SSSR count). The maximum atomic E-state index is 13.1. The molecule has 4 nitrogen and oxygen atoms in total. The highest BCUT2D eigenvalue weighted by Crippen LogP contribution is 2.35. The molecule has 0 amide bonds. The number of fused-ring (bicyclic) bond motifs is 10. The Morgan fingerprint density at radius 2 is 1.21 bits per heavy atom. The molecule has 4 heteroatoms. The van der Waals surface area contributed by atoms with E-state index in [4.69, 9.17) is 0 Å². The zero-order valence-electron chi connectivity index (χ0n) is 15.3. The summed E-state index contributed by atoms with van der Waals surface area (Å²) in [6.45, 7) is 0. The fourth-order valence-corrected chi connectivity index (χ4v) is 4.79. The second-order valence-corrected chi connectivity index (χ2v) is 7.65. The number of H-pyrrole nitrogens is 3. The van der Waals surface area contributed by atoms with Crippen LogP contribution in [0.25, 0.3) is 65.3 Å². The van der Waals surface area contributed by atoms with Crippen molar-refractivity contribution in [1.82, 2.24) is 15.0 Å². The lowest BCUT2D eigenvalue weighted by molar-refractivity contribution is 1.36. The van der Waals surface area contributed by atoms with E-state index in [9.17, 15) is 4.79 Å². The van der Waals surface area contributed by atoms with Crippen molar-refractivity contribution >= 4 is 65.3 Å². The fraction of sp³-hybridized carbons (Fsp3) is 0. The van der Waals surface area contributed by atoms with Gasteiger partial charge in [0.25, 0.3) is 5.56 Å². The standard InChI is InChI=1S/C25H15N3O/c29-25-18-12-22-17(13-5-1-3-7-19(13)27-22)11-16(18)14-9-10-21-23(24(14)28-25)15-6-2-4-8-20(15)26-21/h1-12,26-27H,(H,28,29). The van der Waals surface area contributed by atoms with Gasteiger partial charge in [-0.15, -0.1) is 0 Å². The maximum Gasteiger partial charge on any atom is 0.256 e. The van der Waals surface area contributed by atoms with Gasteiger partial charge in [0.2, 0.25) is 0 Å². The highest BCUT2D eigenvalue weighted by molar-refractivity contribution is 6.24. The molecule has 4 aromatic carbocycles. The van der Waals surface area contributed by atoms with Crippen molar-refractivity contribution in [2.75, 3.05) is 0 Å². The minimum atomic E-state index is -0.0640. The highest BCUT2D eigenvalue weighted by atomic mass is 16.1. The molecule has 7 aromatic rings. The number of hydrogen-bond acceptors (Lipinski definition) is 1. The Balaban J connectivity index is 1.75. The molecule has 0 atom stereocenters. The first-order valence-electron chi connectivity index (χ1n) is 9.67. The monoisotopic (exact) mass is 373 g/mol. The summed E-state index contributed by atoms with van der Waals surface area (Å²) >= 11 is 0. The van der Waals surface area contributed by atoms with Gasteiger partial charge in [0, 0.05) is 54.4 Å². The van der Waals surface area contributed by atoms with Crippen LogP contribution in [0.15, 0.2) is 77.6 Å². The van der Waals surface area contributed by atoms with Crippen molar-refractivity contribution < 1.29 is 0 Å². The van der Waals surface area contributed by atoms with E-state index in [1.165, 1.54) is 5.39 Å². The van der Waals surface area contributed by atoms with E-state index in [-0.39, 0.29) is 5.56 Å². The van der Waals surface area contributed by atoms with E-state index in [0.29, 0.717) is 5.39 Å². The number of aromatic nitrogens is 3. The smallest absolute Gasteiger partial charge is 0.256 e. The second kappa shape index (κ2) is 5.06. The SMILES string of the molecule is O=c1[nH]c2c(ccc3[nH]c4ccccc4c32)c2cc3c(cc12)[nH]c1ccccc13. The number of aromatic amines is 3. The van der Waals surface area contributed by atoms with Crippen LogP contribution in [0.4, 0.5) is 0 Å². The van der Waals surface area contributed by atoms with Crippen LogP contribution in [-0.4, -0.2) is 15.0 Å². The lowest BCUT2D eigenvalue weighted by atomic mass is 10.0. The topological polar surface area (TPSA) is 64.4 Å². The number of rotatable bonds is 0. The van der Waals surface area contributed by atoms with Crippen molar-refractivity contribution in [3.63, 3.8) is 0 Å². The molecule has 0 fully saturated rings. The Hall–Kier alpha value is -4.05. The second-order valence-electron chi connectivity index (χ2n) is 7.65. The zero-order valence-corrected chi connectivity index (χ0v) is 15.3. The predicted molar refractivity (Wildman–Crippen MR) is 121 cm³/mol. The van der Waals surface area contributed by atoms with Gasteiger partial charge in [0.05, 0.1) is 5.52 Å². The van der Waals surface area contributed by atoms with Crippen molar-refractivity contribution in [3.8, 4) is 0 Å². The minimum absolute atomic E-state index is 0.0640. The maximum absolute atomic E-state index is 13.1. The summed E-state index contributed by atoms with van der Waals surface area (Å²) in [4.78, 5) is 23.1. The van der Waals surface area contributed by atoms with Gasteiger partial charge in [-0.05, 0) is 35.7 Å². The van der Waals surface area contributed by atoms with E-state index >= 15 is 0 Å². The quantitative estimate of drug-likeness (QED) is 0.283. The minimum Gasteiger partial charge on any atom is -0.354 e. The molecule has 0 saturated heterocycles. The Morgan fingerprint density at radius 3 is 2.07 bits per heavy atom. The van der Waals surface area contributed by atoms with Crippen LogP contribution in [-0.2, 0) is 0 Å². The normalized spacial score (nSPS) is 12.3. The molecule has 29 heavy (non-hydrogen) atoms. The molecule has 0 aliphatic carbocycles. The first-order valence-corrected chi connectivity index (χ1v) is 9.67. The summed E-state index contributed by atoms with van der Waals surface area (Å²) in [5.74, 6) is 0. The van der Waals surface area contributed by atoms with Gasteiger partial charge >= 0.3 is 0 Å². The van der Waals surface area contributed by atoms with Crippen LogP contribution in [0.2, 0.25) is 0 Å². The summed E-state index contributed by atoms with van der Waals surface area (Å²) < 4.78 is 0. The molecular weight excluding hydrogens is 358 g/mol. The predicted octanol–water partition coefficient (Wildman–Crippen LogP) is 5.95. The molecule has 0 unspecified atom stereocenters. The fourth-order valence-electron chi connectivity index (χ4n) is 4.79. The van der Waals surface area contributed by atoms with E-state index in [1.807, 2.05) is 30.3 Å². The van der Waals surface area contributed by atoms with Crippen molar-refractivity contribution in [2.45, 2.75) is 0 Å². The highest BCUT2D eigenvalue weighted by Gasteiger charge is 2.14. The number of pyridine rings is 1. The van der Waals surface area contributed by atoms with E-state index in [1.54, 1.807) is 0 Å². The van der Waals surface area contributed by atoms with Gasteiger partial charge < -0.3 is 15.0 Å². The average molecular weight is 373 g/mol. The summed E-state index contributed by atoms with van der Waals surface area (Å²) in [6.07, 6.45) is 0. The summed E-state index contributed by atoms with van der Waals surface area (Å²) in [5.41, 5.74) is 4.99. The molecule has 3 N–H and O–H groups in total. The molecule has 0 saturated carbocycles. The van der Waals surface area contributed by atoms with Crippen LogP contribution in [0, 0.1) is 0 Å². The van der Waals surface area contributed by atoms with Crippen LogP contribution in [0.3, 0.4) is 0 Å². The number of benzene rings is 4.